The summed E-state index contributed by atoms with van der Waals surface area (Å²) in [6.07, 6.45) is 4.14. The lowest BCUT2D eigenvalue weighted by Gasteiger charge is -2.23. The Morgan fingerprint density at radius 2 is 2.06 bits per heavy atom. The monoisotopic (exact) mass is 249 g/mol. The summed E-state index contributed by atoms with van der Waals surface area (Å²) in [7, 11) is -3.28. The molecule has 16 heavy (non-hydrogen) atoms. The number of sulfonamides is 1. The van der Waals surface area contributed by atoms with Gasteiger partial charge in [0.2, 0.25) is 10.0 Å². The Morgan fingerprint density at radius 3 is 2.62 bits per heavy atom. The molecule has 96 valence electrons. The van der Waals surface area contributed by atoms with Gasteiger partial charge in [0.05, 0.1) is 11.9 Å². The Kier molecular flexibility index (Phi) is 5.21. The molecule has 1 saturated heterocycles. The fourth-order valence-electron chi connectivity index (χ4n) is 2.15. The van der Waals surface area contributed by atoms with E-state index < -0.39 is 15.3 Å². The van der Waals surface area contributed by atoms with E-state index in [-0.39, 0.29) is 6.61 Å². The molecular formula is C11H23NO3S. The molecule has 0 amide bonds. The zero-order valence-electron chi connectivity index (χ0n) is 10.2. The van der Waals surface area contributed by atoms with Crippen LogP contribution in [0.15, 0.2) is 0 Å². The van der Waals surface area contributed by atoms with Crippen LogP contribution in [-0.2, 0) is 10.0 Å². The maximum Gasteiger partial charge on any atom is 0.218 e. The first-order valence-electron chi connectivity index (χ1n) is 6.12. The molecular weight excluding hydrogens is 226 g/mol. The first-order valence-corrected chi connectivity index (χ1v) is 7.62. The lowest BCUT2D eigenvalue weighted by molar-refractivity contribution is 0.288. The van der Waals surface area contributed by atoms with Crippen LogP contribution in [0.5, 0.6) is 0 Å². The van der Waals surface area contributed by atoms with Crippen LogP contribution in [0, 0.1) is 5.92 Å². The lowest BCUT2D eigenvalue weighted by Crippen LogP contribution is -2.39. The van der Waals surface area contributed by atoms with E-state index in [2.05, 4.69) is 6.92 Å². The SMILES string of the molecule is CCC1CCCN(S(=O)(=O)C(C)CO)CC1. The van der Waals surface area contributed by atoms with Gasteiger partial charge >= 0.3 is 0 Å². The highest BCUT2D eigenvalue weighted by atomic mass is 32.2. The van der Waals surface area contributed by atoms with Crippen molar-refractivity contribution >= 4 is 10.0 Å². The van der Waals surface area contributed by atoms with Gasteiger partial charge in [-0.25, -0.2) is 12.7 Å². The first-order chi connectivity index (χ1) is 7.52. The largest absolute Gasteiger partial charge is 0.395 e. The Labute approximate surface area is 98.7 Å². The average molecular weight is 249 g/mol. The van der Waals surface area contributed by atoms with Crippen molar-refractivity contribution in [3.05, 3.63) is 0 Å². The molecule has 1 fully saturated rings. The number of nitrogens with zero attached hydrogens (tertiary/aromatic N) is 1. The molecule has 4 nitrogen and oxygen atoms in total. The molecule has 0 saturated carbocycles. The van der Waals surface area contributed by atoms with Gasteiger partial charge in [-0.2, -0.15) is 0 Å². The topological polar surface area (TPSA) is 57.6 Å². The number of hydrogen-bond donors (Lipinski definition) is 1. The molecule has 0 aromatic heterocycles. The summed E-state index contributed by atoms with van der Waals surface area (Å²) in [6.45, 7) is 4.66. The smallest absolute Gasteiger partial charge is 0.218 e. The summed E-state index contributed by atoms with van der Waals surface area (Å²) < 4.78 is 25.6. The van der Waals surface area contributed by atoms with Gasteiger partial charge in [-0.3, -0.25) is 0 Å². The summed E-state index contributed by atoms with van der Waals surface area (Å²) in [6, 6.07) is 0. The molecule has 0 spiro atoms. The van der Waals surface area contributed by atoms with E-state index in [0.717, 1.165) is 25.7 Å². The predicted molar refractivity (Wildman–Crippen MR) is 64.7 cm³/mol. The first kappa shape index (κ1) is 13.9. The Hall–Kier alpha value is -0.130. The van der Waals surface area contributed by atoms with E-state index in [1.54, 1.807) is 11.2 Å². The third-order valence-corrected chi connectivity index (χ3v) is 5.76. The van der Waals surface area contributed by atoms with Gasteiger partial charge in [0.15, 0.2) is 0 Å². The van der Waals surface area contributed by atoms with Crippen LogP contribution in [-0.4, -0.2) is 42.8 Å². The second-order valence-corrected chi connectivity index (χ2v) is 6.99. The quantitative estimate of drug-likeness (QED) is 0.814. The van der Waals surface area contributed by atoms with Gasteiger partial charge in [0.1, 0.15) is 0 Å². The van der Waals surface area contributed by atoms with Crippen molar-refractivity contribution in [2.45, 2.75) is 44.8 Å². The van der Waals surface area contributed by atoms with Crippen LogP contribution in [0.25, 0.3) is 0 Å². The predicted octanol–water partition coefficient (Wildman–Crippen LogP) is 1.21. The fourth-order valence-corrected chi connectivity index (χ4v) is 3.59. The van der Waals surface area contributed by atoms with Gasteiger partial charge in [-0.15, -0.1) is 0 Å². The molecule has 0 aliphatic carbocycles. The van der Waals surface area contributed by atoms with Crippen molar-refractivity contribution in [3.63, 3.8) is 0 Å². The molecule has 1 aliphatic heterocycles. The van der Waals surface area contributed by atoms with E-state index in [4.69, 9.17) is 5.11 Å². The van der Waals surface area contributed by atoms with Crippen molar-refractivity contribution in [2.75, 3.05) is 19.7 Å². The minimum Gasteiger partial charge on any atom is -0.395 e. The van der Waals surface area contributed by atoms with Crippen LogP contribution in [0.4, 0.5) is 0 Å². The maximum absolute atomic E-state index is 12.0. The number of hydrogen-bond acceptors (Lipinski definition) is 3. The molecule has 2 unspecified atom stereocenters. The third-order valence-electron chi connectivity index (χ3n) is 3.51. The van der Waals surface area contributed by atoms with Crippen LogP contribution in [0.1, 0.15) is 39.5 Å². The highest BCUT2D eigenvalue weighted by molar-refractivity contribution is 7.89. The van der Waals surface area contributed by atoms with Crippen LogP contribution >= 0.6 is 0 Å². The summed E-state index contributed by atoms with van der Waals surface area (Å²) in [5.74, 6) is 0.657. The van der Waals surface area contributed by atoms with Gasteiger partial charge < -0.3 is 5.11 Å². The van der Waals surface area contributed by atoms with Gasteiger partial charge in [-0.1, -0.05) is 13.3 Å². The van der Waals surface area contributed by atoms with E-state index in [1.807, 2.05) is 0 Å². The van der Waals surface area contributed by atoms with Crippen molar-refractivity contribution in [1.82, 2.24) is 4.31 Å². The van der Waals surface area contributed by atoms with Crippen LogP contribution in [0.3, 0.4) is 0 Å². The Balaban J connectivity index is 2.67. The van der Waals surface area contributed by atoms with Gasteiger partial charge in [-0.05, 0) is 32.1 Å². The second kappa shape index (κ2) is 5.98. The number of aliphatic hydroxyl groups excluding tert-OH is 1. The molecule has 0 bridgehead atoms. The minimum absolute atomic E-state index is 0.296. The molecule has 1 heterocycles. The number of rotatable bonds is 4. The third kappa shape index (κ3) is 3.18. The average Bonchev–Trinajstić information content (AvgIpc) is 2.53. The minimum atomic E-state index is -3.28. The number of aliphatic hydroxyl groups is 1. The van der Waals surface area contributed by atoms with Gasteiger partial charge in [0, 0.05) is 13.1 Å². The lowest BCUT2D eigenvalue weighted by atomic mass is 9.98. The van der Waals surface area contributed by atoms with Crippen molar-refractivity contribution in [1.29, 1.82) is 0 Å². The van der Waals surface area contributed by atoms with E-state index in [1.165, 1.54) is 0 Å². The maximum atomic E-state index is 12.0. The summed E-state index contributed by atoms with van der Waals surface area (Å²) >= 11 is 0. The molecule has 1 N–H and O–H groups in total. The van der Waals surface area contributed by atoms with Crippen molar-refractivity contribution < 1.29 is 13.5 Å². The van der Waals surface area contributed by atoms with E-state index in [0.29, 0.717) is 19.0 Å². The normalized spacial score (nSPS) is 26.3. The molecule has 2 atom stereocenters. The summed E-state index contributed by atoms with van der Waals surface area (Å²) in [5.41, 5.74) is 0. The van der Waals surface area contributed by atoms with Crippen LogP contribution < -0.4 is 0 Å². The molecule has 1 aliphatic rings. The van der Waals surface area contributed by atoms with E-state index in [9.17, 15) is 8.42 Å². The summed E-state index contributed by atoms with van der Waals surface area (Å²) in [5, 5.41) is 8.29. The van der Waals surface area contributed by atoms with E-state index >= 15 is 0 Å². The molecule has 0 aromatic carbocycles. The Morgan fingerprint density at radius 1 is 1.38 bits per heavy atom. The highest BCUT2D eigenvalue weighted by Gasteiger charge is 2.29. The zero-order valence-corrected chi connectivity index (χ0v) is 11.0. The van der Waals surface area contributed by atoms with Crippen LogP contribution in [0.2, 0.25) is 0 Å². The van der Waals surface area contributed by atoms with Crippen molar-refractivity contribution in [2.24, 2.45) is 5.92 Å². The van der Waals surface area contributed by atoms with Gasteiger partial charge in [0.25, 0.3) is 0 Å². The van der Waals surface area contributed by atoms with Crippen molar-refractivity contribution in [3.8, 4) is 0 Å². The standard InChI is InChI=1S/C11H23NO3S/c1-3-11-5-4-7-12(8-6-11)16(14,15)10(2)9-13/h10-11,13H,3-9H2,1-2H3. The second-order valence-electron chi connectivity index (χ2n) is 4.64. The molecule has 0 aromatic rings. The molecule has 5 heteroatoms. The fraction of sp³-hybridized carbons (Fsp3) is 1.00. The zero-order chi connectivity index (χ0) is 12.2. The molecule has 0 radical (unpaired) electrons. The Bertz CT molecular complexity index is 302. The molecule has 1 rings (SSSR count). The highest BCUT2D eigenvalue weighted by Crippen LogP contribution is 2.23. The summed E-state index contributed by atoms with van der Waals surface area (Å²) in [4.78, 5) is 0.